The standard InChI is InChI=1S/C18H28N2O5S2/c1-12-11-13(2)15(4)17(14(12)3)27(24,25)20-9-7-19(8-10-20)18(21)16(5)26(6,22)23/h11,16H,7-10H2,1-6H3. The van der Waals surface area contributed by atoms with Gasteiger partial charge < -0.3 is 4.90 Å². The van der Waals surface area contributed by atoms with Gasteiger partial charge >= 0.3 is 0 Å². The summed E-state index contributed by atoms with van der Waals surface area (Å²) in [5.74, 6) is -0.478. The first-order valence-electron chi connectivity index (χ1n) is 8.83. The predicted octanol–water partition coefficient (Wildman–Crippen LogP) is 1.19. The van der Waals surface area contributed by atoms with Crippen LogP contribution in [0, 0.1) is 27.7 Å². The zero-order valence-corrected chi connectivity index (χ0v) is 18.4. The van der Waals surface area contributed by atoms with E-state index in [0.29, 0.717) is 4.90 Å². The Morgan fingerprint density at radius 2 is 1.37 bits per heavy atom. The smallest absolute Gasteiger partial charge is 0.243 e. The van der Waals surface area contributed by atoms with E-state index in [4.69, 9.17) is 0 Å². The van der Waals surface area contributed by atoms with E-state index in [1.54, 1.807) is 0 Å². The summed E-state index contributed by atoms with van der Waals surface area (Å²) in [4.78, 5) is 14.1. The zero-order chi connectivity index (χ0) is 20.7. The number of hydrogen-bond donors (Lipinski definition) is 0. The topological polar surface area (TPSA) is 91.8 Å². The normalized spacial score (nSPS) is 17.8. The maximum Gasteiger partial charge on any atom is 0.243 e. The first-order valence-corrected chi connectivity index (χ1v) is 12.2. The number of sulfonamides is 1. The highest BCUT2D eigenvalue weighted by molar-refractivity contribution is 7.92. The second-order valence-electron chi connectivity index (χ2n) is 7.29. The minimum absolute atomic E-state index is 0.149. The van der Waals surface area contributed by atoms with Crippen molar-refractivity contribution >= 4 is 25.8 Å². The molecule has 1 fully saturated rings. The summed E-state index contributed by atoms with van der Waals surface area (Å²) in [5, 5.41) is -1.12. The number of carbonyl (C=O) groups excluding carboxylic acids is 1. The molecule has 27 heavy (non-hydrogen) atoms. The van der Waals surface area contributed by atoms with Crippen molar-refractivity contribution in [2.75, 3.05) is 32.4 Å². The maximum atomic E-state index is 13.2. The summed E-state index contributed by atoms with van der Waals surface area (Å²) in [5.41, 5.74) is 3.32. The molecule has 0 bridgehead atoms. The molecule has 0 aliphatic carbocycles. The Morgan fingerprint density at radius 1 is 0.926 bits per heavy atom. The quantitative estimate of drug-likeness (QED) is 0.735. The van der Waals surface area contributed by atoms with Crippen molar-refractivity contribution in [1.29, 1.82) is 0 Å². The molecule has 152 valence electrons. The molecule has 0 saturated carbocycles. The molecule has 0 spiro atoms. The molecule has 2 rings (SSSR count). The summed E-state index contributed by atoms with van der Waals surface area (Å²) < 4.78 is 51.1. The lowest BCUT2D eigenvalue weighted by atomic mass is 10.0. The molecule has 1 aliphatic rings. The fourth-order valence-corrected chi connectivity index (χ4v) is 5.80. The van der Waals surface area contributed by atoms with Crippen molar-refractivity contribution in [3.63, 3.8) is 0 Å². The summed E-state index contributed by atoms with van der Waals surface area (Å²) in [6, 6.07) is 1.98. The van der Waals surface area contributed by atoms with Gasteiger partial charge in [0.05, 0.1) is 4.90 Å². The Hall–Kier alpha value is -1.45. The predicted molar refractivity (Wildman–Crippen MR) is 105 cm³/mol. The highest BCUT2D eigenvalue weighted by Gasteiger charge is 2.35. The van der Waals surface area contributed by atoms with E-state index in [9.17, 15) is 21.6 Å². The van der Waals surface area contributed by atoms with Crippen molar-refractivity contribution < 1.29 is 21.6 Å². The fraction of sp³-hybridized carbons (Fsp3) is 0.611. The van der Waals surface area contributed by atoms with Crippen molar-refractivity contribution in [3.05, 3.63) is 28.3 Å². The number of nitrogens with zero attached hydrogens (tertiary/aromatic N) is 2. The lowest BCUT2D eigenvalue weighted by Crippen LogP contribution is -2.53. The molecular weight excluding hydrogens is 388 g/mol. The van der Waals surface area contributed by atoms with E-state index in [-0.39, 0.29) is 26.2 Å². The van der Waals surface area contributed by atoms with E-state index in [1.807, 2.05) is 33.8 Å². The molecule has 1 saturated heterocycles. The molecule has 0 N–H and O–H groups in total. The lowest BCUT2D eigenvalue weighted by Gasteiger charge is -2.35. The molecular formula is C18H28N2O5S2. The van der Waals surface area contributed by atoms with E-state index in [1.165, 1.54) is 16.1 Å². The Kier molecular flexibility index (Phi) is 6.08. The Bertz CT molecular complexity index is 934. The number of piperazine rings is 1. The van der Waals surface area contributed by atoms with Crippen molar-refractivity contribution in [2.24, 2.45) is 0 Å². The second-order valence-corrected chi connectivity index (χ2v) is 11.5. The Morgan fingerprint density at radius 3 is 1.78 bits per heavy atom. The van der Waals surface area contributed by atoms with Crippen LogP contribution in [0.3, 0.4) is 0 Å². The number of carbonyl (C=O) groups is 1. The van der Waals surface area contributed by atoms with Gasteiger partial charge in [-0.15, -0.1) is 0 Å². The highest BCUT2D eigenvalue weighted by atomic mass is 32.2. The monoisotopic (exact) mass is 416 g/mol. The summed E-state index contributed by atoms with van der Waals surface area (Å²) in [7, 11) is -7.17. The third kappa shape index (κ3) is 4.20. The molecule has 1 aromatic rings. The van der Waals surface area contributed by atoms with Gasteiger partial charge in [-0.2, -0.15) is 4.31 Å². The van der Waals surface area contributed by atoms with Crippen LogP contribution in [0.15, 0.2) is 11.0 Å². The van der Waals surface area contributed by atoms with Crippen molar-refractivity contribution in [2.45, 2.75) is 44.8 Å². The van der Waals surface area contributed by atoms with Crippen LogP contribution in [0.4, 0.5) is 0 Å². The third-order valence-corrected chi connectivity index (χ3v) is 9.09. The number of amides is 1. The van der Waals surface area contributed by atoms with Gasteiger partial charge in [0.1, 0.15) is 5.25 Å². The number of benzene rings is 1. The number of aryl methyl sites for hydroxylation is 2. The van der Waals surface area contributed by atoms with Crippen LogP contribution in [-0.2, 0) is 24.7 Å². The van der Waals surface area contributed by atoms with E-state index in [0.717, 1.165) is 28.5 Å². The SMILES string of the molecule is Cc1cc(C)c(C)c(S(=O)(=O)N2CCN(C(=O)C(C)S(C)(=O)=O)CC2)c1C. The molecule has 0 radical (unpaired) electrons. The number of sulfone groups is 1. The minimum Gasteiger partial charge on any atom is -0.339 e. The average molecular weight is 417 g/mol. The third-order valence-electron chi connectivity index (χ3n) is 5.44. The van der Waals surface area contributed by atoms with Crippen LogP contribution in [0.5, 0.6) is 0 Å². The highest BCUT2D eigenvalue weighted by Crippen LogP contribution is 2.29. The molecule has 1 heterocycles. The van der Waals surface area contributed by atoms with Gasteiger partial charge in [-0.1, -0.05) is 6.07 Å². The molecule has 1 unspecified atom stereocenters. The molecule has 1 aromatic carbocycles. The van der Waals surface area contributed by atoms with Gasteiger partial charge in [-0.25, -0.2) is 16.8 Å². The molecule has 7 nitrogen and oxygen atoms in total. The average Bonchev–Trinajstić information content (AvgIpc) is 2.58. The fourth-order valence-electron chi connectivity index (χ4n) is 3.29. The van der Waals surface area contributed by atoms with Crippen LogP contribution in [0.25, 0.3) is 0 Å². The first-order chi connectivity index (χ1) is 12.3. The summed E-state index contributed by atoms with van der Waals surface area (Å²) >= 11 is 0. The second kappa shape index (κ2) is 7.52. The van der Waals surface area contributed by atoms with E-state index in [2.05, 4.69) is 0 Å². The molecule has 1 amide bonds. The van der Waals surface area contributed by atoms with Crippen LogP contribution in [0.1, 0.15) is 29.2 Å². The van der Waals surface area contributed by atoms with Crippen LogP contribution in [0.2, 0.25) is 0 Å². The van der Waals surface area contributed by atoms with Gasteiger partial charge in [0.2, 0.25) is 15.9 Å². The molecule has 9 heteroatoms. The number of rotatable bonds is 4. The van der Waals surface area contributed by atoms with Gasteiger partial charge in [-0.05, 0) is 56.9 Å². The molecule has 1 aliphatic heterocycles. The Balaban J connectivity index is 2.25. The van der Waals surface area contributed by atoms with Crippen LogP contribution in [-0.4, -0.2) is 69.6 Å². The molecule has 0 aromatic heterocycles. The van der Waals surface area contributed by atoms with Crippen LogP contribution < -0.4 is 0 Å². The summed E-state index contributed by atoms with van der Waals surface area (Å²) in [6.07, 6.45) is 1.03. The zero-order valence-electron chi connectivity index (χ0n) is 16.7. The molecule has 1 atom stereocenters. The van der Waals surface area contributed by atoms with E-state index < -0.39 is 31.0 Å². The minimum atomic E-state index is -3.69. The number of hydrogen-bond acceptors (Lipinski definition) is 5. The Labute approximate surface area is 162 Å². The summed E-state index contributed by atoms with van der Waals surface area (Å²) in [6.45, 7) is 9.43. The van der Waals surface area contributed by atoms with Gasteiger partial charge in [0.15, 0.2) is 9.84 Å². The van der Waals surface area contributed by atoms with Crippen molar-refractivity contribution in [3.8, 4) is 0 Å². The first kappa shape index (κ1) is 21.8. The van der Waals surface area contributed by atoms with Gasteiger partial charge in [0, 0.05) is 32.4 Å². The maximum absolute atomic E-state index is 13.2. The van der Waals surface area contributed by atoms with Gasteiger partial charge in [-0.3, -0.25) is 4.79 Å². The largest absolute Gasteiger partial charge is 0.339 e. The van der Waals surface area contributed by atoms with Gasteiger partial charge in [0.25, 0.3) is 0 Å². The van der Waals surface area contributed by atoms with Crippen molar-refractivity contribution in [1.82, 2.24) is 9.21 Å². The van der Waals surface area contributed by atoms with Crippen LogP contribution >= 0.6 is 0 Å². The lowest BCUT2D eigenvalue weighted by molar-refractivity contribution is -0.131. The van der Waals surface area contributed by atoms with E-state index >= 15 is 0 Å².